The number of nitrogens with zero attached hydrogens (tertiary/aromatic N) is 1. The van der Waals surface area contributed by atoms with E-state index in [1.807, 2.05) is 6.07 Å². The lowest BCUT2D eigenvalue weighted by Gasteiger charge is -2.20. The summed E-state index contributed by atoms with van der Waals surface area (Å²) in [7, 11) is 0. The number of rotatable bonds is 4. The molecule has 0 aromatic heterocycles. The monoisotopic (exact) mass is 229 g/mol. The van der Waals surface area contributed by atoms with Gasteiger partial charge in [0.1, 0.15) is 0 Å². The number of nitrogen functional groups attached to an aromatic ring is 1. The molecular formula is C14H19N3. The summed E-state index contributed by atoms with van der Waals surface area (Å²) in [5, 5.41) is 12.3. The van der Waals surface area contributed by atoms with Crippen molar-refractivity contribution in [2.24, 2.45) is 0 Å². The Morgan fingerprint density at radius 2 is 2.41 bits per heavy atom. The van der Waals surface area contributed by atoms with Gasteiger partial charge in [-0.15, -0.1) is 0 Å². The highest BCUT2D eigenvalue weighted by Crippen LogP contribution is 2.32. The smallest absolute Gasteiger partial charge is 0.0638 e. The van der Waals surface area contributed by atoms with Crippen molar-refractivity contribution < 1.29 is 0 Å². The zero-order chi connectivity index (χ0) is 12.3. The van der Waals surface area contributed by atoms with Crippen LogP contribution in [0.25, 0.3) is 0 Å². The van der Waals surface area contributed by atoms with E-state index in [9.17, 15) is 0 Å². The highest BCUT2D eigenvalue weighted by atomic mass is 15.0. The molecule has 0 bridgehead atoms. The molecule has 1 aliphatic rings. The van der Waals surface area contributed by atoms with E-state index in [-0.39, 0.29) is 0 Å². The van der Waals surface area contributed by atoms with Gasteiger partial charge < -0.3 is 11.1 Å². The second-order valence-corrected chi connectivity index (χ2v) is 4.68. The maximum atomic E-state index is 8.77. The minimum atomic E-state index is 0.300. The van der Waals surface area contributed by atoms with Gasteiger partial charge in [0.25, 0.3) is 0 Å². The molecule has 3 nitrogen and oxygen atoms in total. The average Bonchev–Trinajstić information content (AvgIpc) is 2.71. The van der Waals surface area contributed by atoms with Crippen LogP contribution in [0, 0.1) is 11.3 Å². The van der Waals surface area contributed by atoms with Crippen molar-refractivity contribution in [3.63, 3.8) is 0 Å². The quantitative estimate of drug-likeness (QED) is 0.780. The Kier molecular flexibility index (Phi) is 3.65. The number of nitrogens with one attached hydrogen (secondary N) is 1. The third-order valence-corrected chi connectivity index (χ3v) is 3.51. The second kappa shape index (κ2) is 5.20. The molecule has 0 heterocycles. The van der Waals surface area contributed by atoms with E-state index >= 15 is 0 Å². The Balaban J connectivity index is 2.09. The fourth-order valence-electron chi connectivity index (χ4n) is 2.53. The van der Waals surface area contributed by atoms with Crippen LogP contribution in [0.3, 0.4) is 0 Å². The van der Waals surface area contributed by atoms with E-state index in [4.69, 9.17) is 11.0 Å². The SMILES string of the molecule is CCC(CC#N)NC1CCc2cc(N)ccc21. The van der Waals surface area contributed by atoms with Gasteiger partial charge in [-0.25, -0.2) is 0 Å². The summed E-state index contributed by atoms with van der Waals surface area (Å²) >= 11 is 0. The molecule has 1 aromatic carbocycles. The molecule has 17 heavy (non-hydrogen) atoms. The lowest BCUT2D eigenvalue weighted by Crippen LogP contribution is -2.31. The summed E-state index contributed by atoms with van der Waals surface area (Å²) in [5.74, 6) is 0. The van der Waals surface area contributed by atoms with Crippen LogP contribution in [0.15, 0.2) is 18.2 Å². The number of nitriles is 1. The van der Waals surface area contributed by atoms with E-state index in [2.05, 4.69) is 30.4 Å². The molecule has 0 spiro atoms. The molecule has 3 N–H and O–H groups in total. The van der Waals surface area contributed by atoms with Gasteiger partial charge in [-0.1, -0.05) is 13.0 Å². The molecular weight excluding hydrogens is 210 g/mol. The molecule has 2 rings (SSSR count). The van der Waals surface area contributed by atoms with Crippen LogP contribution in [0.2, 0.25) is 0 Å². The van der Waals surface area contributed by atoms with Crippen molar-refractivity contribution in [2.75, 3.05) is 5.73 Å². The Morgan fingerprint density at radius 1 is 1.59 bits per heavy atom. The van der Waals surface area contributed by atoms with Crippen LogP contribution in [0.4, 0.5) is 5.69 Å². The second-order valence-electron chi connectivity index (χ2n) is 4.68. The molecule has 0 fully saturated rings. The Labute approximate surface area is 103 Å². The van der Waals surface area contributed by atoms with Crippen LogP contribution < -0.4 is 11.1 Å². The van der Waals surface area contributed by atoms with Gasteiger partial charge in [0, 0.05) is 17.8 Å². The topological polar surface area (TPSA) is 61.8 Å². The lowest BCUT2D eigenvalue weighted by atomic mass is 10.0. The normalized spacial score (nSPS) is 19.6. The van der Waals surface area contributed by atoms with Gasteiger partial charge >= 0.3 is 0 Å². The summed E-state index contributed by atoms with van der Waals surface area (Å²) in [4.78, 5) is 0. The van der Waals surface area contributed by atoms with Gasteiger partial charge in [0.2, 0.25) is 0 Å². The minimum absolute atomic E-state index is 0.300. The minimum Gasteiger partial charge on any atom is -0.399 e. The first-order valence-corrected chi connectivity index (χ1v) is 6.26. The number of aryl methyl sites for hydroxylation is 1. The number of nitrogens with two attached hydrogens (primary N) is 1. The molecule has 0 aliphatic heterocycles. The number of benzene rings is 1. The first-order chi connectivity index (χ1) is 8.24. The summed E-state index contributed by atoms with van der Waals surface area (Å²) in [6, 6.07) is 9.09. The van der Waals surface area contributed by atoms with Gasteiger partial charge in [0.15, 0.2) is 0 Å². The van der Waals surface area contributed by atoms with E-state index in [0.29, 0.717) is 18.5 Å². The number of hydrogen-bond acceptors (Lipinski definition) is 3. The van der Waals surface area contributed by atoms with Crippen LogP contribution in [0.5, 0.6) is 0 Å². The van der Waals surface area contributed by atoms with Crippen LogP contribution in [-0.4, -0.2) is 6.04 Å². The molecule has 1 aliphatic carbocycles. The fourth-order valence-corrected chi connectivity index (χ4v) is 2.53. The van der Waals surface area contributed by atoms with Crippen LogP contribution in [0.1, 0.15) is 43.4 Å². The highest BCUT2D eigenvalue weighted by Gasteiger charge is 2.24. The van der Waals surface area contributed by atoms with E-state index in [1.54, 1.807) is 0 Å². The largest absolute Gasteiger partial charge is 0.399 e. The Hall–Kier alpha value is -1.53. The number of fused-ring (bicyclic) bond motifs is 1. The molecule has 90 valence electrons. The maximum Gasteiger partial charge on any atom is 0.0638 e. The number of anilines is 1. The highest BCUT2D eigenvalue weighted by molar-refractivity contribution is 5.47. The predicted octanol–water partition coefficient (Wildman–Crippen LogP) is 2.54. The molecule has 2 atom stereocenters. The molecule has 3 heteroatoms. The third kappa shape index (κ3) is 2.59. The van der Waals surface area contributed by atoms with Crippen molar-refractivity contribution in [1.29, 1.82) is 5.26 Å². The van der Waals surface area contributed by atoms with Crippen molar-refractivity contribution in [2.45, 2.75) is 44.7 Å². The summed E-state index contributed by atoms with van der Waals surface area (Å²) < 4.78 is 0. The van der Waals surface area contributed by atoms with Crippen LogP contribution in [-0.2, 0) is 6.42 Å². The molecule has 0 radical (unpaired) electrons. The number of hydrogen-bond donors (Lipinski definition) is 2. The van der Waals surface area contributed by atoms with E-state index < -0.39 is 0 Å². The lowest BCUT2D eigenvalue weighted by molar-refractivity contribution is 0.426. The molecule has 0 saturated carbocycles. The van der Waals surface area contributed by atoms with Crippen molar-refractivity contribution in [1.82, 2.24) is 5.32 Å². The van der Waals surface area contributed by atoms with Crippen LogP contribution >= 0.6 is 0 Å². The molecule has 0 saturated heterocycles. The van der Waals surface area contributed by atoms with E-state index in [0.717, 1.165) is 24.9 Å². The zero-order valence-electron chi connectivity index (χ0n) is 10.2. The summed E-state index contributed by atoms with van der Waals surface area (Å²) in [5.41, 5.74) is 9.34. The standard InChI is InChI=1S/C14H19N3/c1-2-12(7-8-15)17-14-6-3-10-9-11(16)4-5-13(10)14/h4-5,9,12,14,17H,2-3,6-7,16H2,1H3. The third-order valence-electron chi connectivity index (χ3n) is 3.51. The average molecular weight is 229 g/mol. The van der Waals surface area contributed by atoms with Gasteiger partial charge in [0.05, 0.1) is 12.5 Å². The Morgan fingerprint density at radius 3 is 3.12 bits per heavy atom. The van der Waals surface area contributed by atoms with Gasteiger partial charge in [-0.3, -0.25) is 0 Å². The van der Waals surface area contributed by atoms with Crippen molar-refractivity contribution in [3.05, 3.63) is 29.3 Å². The molecule has 0 amide bonds. The van der Waals surface area contributed by atoms with E-state index in [1.165, 1.54) is 11.1 Å². The van der Waals surface area contributed by atoms with Crippen molar-refractivity contribution >= 4 is 5.69 Å². The first-order valence-electron chi connectivity index (χ1n) is 6.26. The fraction of sp³-hybridized carbons (Fsp3) is 0.500. The maximum absolute atomic E-state index is 8.77. The zero-order valence-corrected chi connectivity index (χ0v) is 10.2. The first kappa shape index (κ1) is 11.9. The van der Waals surface area contributed by atoms with Crippen molar-refractivity contribution in [3.8, 4) is 6.07 Å². The molecule has 1 aromatic rings. The summed E-state index contributed by atoms with van der Waals surface area (Å²) in [6.07, 6.45) is 3.77. The Bertz CT molecular complexity index is 434. The molecule has 2 unspecified atom stereocenters. The van der Waals surface area contributed by atoms with Gasteiger partial charge in [-0.2, -0.15) is 5.26 Å². The van der Waals surface area contributed by atoms with Gasteiger partial charge in [-0.05, 0) is 42.5 Å². The predicted molar refractivity (Wildman–Crippen MR) is 69.4 cm³/mol. The summed E-state index contributed by atoms with van der Waals surface area (Å²) in [6.45, 7) is 2.12.